The van der Waals surface area contributed by atoms with Crippen LogP contribution in [0.1, 0.15) is 41.2 Å². The lowest BCUT2D eigenvalue weighted by Crippen LogP contribution is -2.49. The van der Waals surface area contributed by atoms with Crippen LogP contribution in [0.4, 0.5) is 4.39 Å². The lowest BCUT2D eigenvalue weighted by atomic mass is 10.0. The largest absolute Gasteiger partial charge is 0.497 e. The van der Waals surface area contributed by atoms with Crippen LogP contribution in [0.2, 0.25) is 0 Å². The highest BCUT2D eigenvalue weighted by Crippen LogP contribution is 2.26. The summed E-state index contributed by atoms with van der Waals surface area (Å²) in [4.78, 5) is 28.8. The molecule has 1 saturated heterocycles. The molecule has 2 aromatic carbocycles. The molecule has 1 heterocycles. The summed E-state index contributed by atoms with van der Waals surface area (Å²) < 4.78 is 19.3. The van der Waals surface area contributed by atoms with Gasteiger partial charge in [-0.25, -0.2) is 4.39 Å². The van der Waals surface area contributed by atoms with Crippen molar-refractivity contribution in [2.45, 2.75) is 25.3 Å². The van der Waals surface area contributed by atoms with Gasteiger partial charge >= 0.3 is 0 Å². The van der Waals surface area contributed by atoms with E-state index in [-0.39, 0.29) is 23.5 Å². The van der Waals surface area contributed by atoms with Gasteiger partial charge in [0.2, 0.25) is 5.91 Å². The van der Waals surface area contributed by atoms with Gasteiger partial charge in [0.05, 0.1) is 13.2 Å². The van der Waals surface area contributed by atoms with Crippen LogP contribution in [-0.4, -0.2) is 55.3 Å². The number of rotatable bonds is 7. The van der Waals surface area contributed by atoms with Gasteiger partial charge in [0.1, 0.15) is 11.6 Å². The Bertz CT molecular complexity index is 853. The molecule has 1 fully saturated rings. The summed E-state index contributed by atoms with van der Waals surface area (Å²) in [5.74, 6) is 0.491. The number of carbonyl (C=O) groups excluding carboxylic acids is 2. The lowest BCUT2D eigenvalue weighted by Gasteiger charge is -2.39. The van der Waals surface area contributed by atoms with Crippen LogP contribution in [0, 0.1) is 5.82 Å². The van der Waals surface area contributed by atoms with Gasteiger partial charge in [-0.3, -0.25) is 14.5 Å². The van der Waals surface area contributed by atoms with E-state index >= 15 is 0 Å². The van der Waals surface area contributed by atoms with Crippen LogP contribution in [-0.2, 0) is 4.79 Å². The van der Waals surface area contributed by atoms with Crippen LogP contribution in [0.15, 0.2) is 48.5 Å². The number of ketones is 1. The third kappa shape index (κ3) is 5.21. The number of piperazine rings is 1. The summed E-state index contributed by atoms with van der Waals surface area (Å²) >= 11 is 0. The molecular formula is C23H27FN2O3. The molecule has 1 amide bonds. The first-order chi connectivity index (χ1) is 14.0. The van der Waals surface area contributed by atoms with Gasteiger partial charge in [-0.1, -0.05) is 18.2 Å². The summed E-state index contributed by atoms with van der Waals surface area (Å²) in [5.41, 5.74) is 1.24. The van der Waals surface area contributed by atoms with E-state index in [1.807, 2.05) is 13.1 Å². The van der Waals surface area contributed by atoms with E-state index in [2.05, 4.69) is 4.90 Å². The average molecular weight is 398 g/mol. The van der Waals surface area contributed by atoms with Crippen molar-refractivity contribution in [2.24, 2.45) is 0 Å². The maximum absolute atomic E-state index is 14.2. The number of methoxy groups -OCH3 is 1. The first-order valence-electron chi connectivity index (χ1n) is 9.89. The number of ether oxygens (including phenoxy) is 1. The van der Waals surface area contributed by atoms with Crippen LogP contribution in [0.3, 0.4) is 0 Å². The molecule has 1 aliphatic heterocycles. The first-order valence-corrected chi connectivity index (χ1v) is 9.89. The molecule has 29 heavy (non-hydrogen) atoms. The maximum atomic E-state index is 14.2. The van der Waals surface area contributed by atoms with Crippen molar-refractivity contribution in [1.82, 2.24) is 9.80 Å². The Kier molecular flexibility index (Phi) is 6.99. The van der Waals surface area contributed by atoms with E-state index in [1.54, 1.807) is 48.4 Å². The van der Waals surface area contributed by atoms with Crippen molar-refractivity contribution in [1.29, 1.82) is 0 Å². The van der Waals surface area contributed by atoms with Gasteiger partial charge in [0, 0.05) is 43.6 Å². The number of hydrogen-bond donors (Lipinski definition) is 0. The number of amides is 1. The van der Waals surface area contributed by atoms with Crippen molar-refractivity contribution < 1.29 is 18.7 Å². The number of hydrogen-bond acceptors (Lipinski definition) is 4. The predicted molar refractivity (Wildman–Crippen MR) is 110 cm³/mol. The minimum absolute atomic E-state index is 0.0157. The molecule has 0 bridgehead atoms. The molecule has 1 atom stereocenters. The number of benzene rings is 2. The third-order valence-corrected chi connectivity index (χ3v) is 5.47. The zero-order chi connectivity index (χ0) is 20.8. The summed E-state index contributed by atoms with van der Waals surface area (Å²) in [7, 11) is 3.53. The van der Waals surface area contributed by atoms with Gasteiger partial charge in [0.15, 0.2) is 5.78 Å². The number of likely N-dealkylation sites (N-methyl/N-ethyl adjacent to an activating group) is 1. The molecule has 1 unspecified atom stereocenters. The number of nitrogens with zero attached hydrogens (tertiary/aromatic N) is 2. The average Bonchev–Trinajstić information content (AvgIpc) is 2.74. The minimum Gasteiger partial charge on any atom is -0.497 e. The fourth-order valence-corrected chi connectivity index (χ4v) is 3.66. The molecule has 0 radical (unpaired) electrons. The SMILES string of the molecule is COc1ccc(C(=O)CCCC(=O)N2CCN(C)C(c3ccccc3F)C2)cc1. The second-order valence-electron chi connectivity index (χ2n) is 7.36. The van der Waals surface area contributed by atoms with Gasteiger partial charge in [-0.05, 0) is 43.8 Å². The Morgan fingerprint density at radius 2 is 1.79 bits per heavy atom. The Morgan fingerprint density at radius 1 is 1.07 bits per heavy atom. The van der Waals surface area contributed by atoms with Crippen molar-refractivity contribution >= 4 is 11.7 Å². The molecule has 0 saturated carbocycles. The normalized spacial score (nSPS) is 17.2. The highest BCUT2D eigenvalue weighted by molar-refractivity contribution is 5.96. The van der Waals surface area contributed by atoms with E-state index < -0.39 is 0 Å². The van der Waals surface area contributed by atoms with E-state index in [0.717, 1.165) is 0 Å². The smallest absolute Gasteiger partial charge is 0.222 e. The molecule has 0 spiro atoms. The highest BCUT2D eigenvalue weighted by atomic mass is 19.1. The third-order valence-electron chi connectivity index (χ3n) is 5.47. The van der Waals surface area contributed by atoms with Crippen LogP contribution in [0.5, 0.6) is 5.75 Å². The molecule has 2 aromatic rings. The molecule has 6 heteroatoms. The van der Waals surface area contributed by atoms with Crippen LogP contribution < -0.4 is 4.74 Å². The maximum Gasteiger partial charge on any atom is 0.222 e. The fourth-order valence-electron chi connectivity index (χ4n) is 3.66. The Labute approximate surface area is 171 Å². The van der Waals surface area contributed by atoms with Crippen molar-refractivity contribution in [3.8, 4) is 5.75 Å². The Balaban J connectivity index is 1.52. The summed E-state index contributed by atoms with van der Waals surface area (Å²) in [6, 6.07) is 13.5. The van der Waals surface area contributed by atoms with Gasteiger partial charge in [0.25, 0.3) is 0 Å². The molecule has 1 aliphatic rings. The molecule has 0 aliphatic carbocycles. The van der Waals surface area contributed by atoms with E-state index in [0.29, 0.717) is 55.8 Å². The summed E-state index contributed by atoms with van der Waals surface area (Å²) in [5, 5.41) is 0. The zero-order valence-corrected chi connectivity index (χ0v) is 16.9. The number of carbonyl (C=O) groups is 2. The fraction of sp³-hybridized carbons (Fsp3) is 0.391. The van der Waals surface area contributed by atoms with Gasteiger partial charge < -0.3 is 9.64 Å². The Hall–Kier alpha value is -2.73. The molecular weight excluding hydrogens is 371 g/mol. The van der Waals surface area contributed by atoms with Crippen LogP contribution in [0.25, 0.3) is 0 Å². The Morgan fingerprint density at radius 3 is 2.48 bits per heavy atom. The molecule has 154 valence electrons. The molecule has 0 aromatic heterocycles. The number of halogens is 1. The lowest BCUT2D eigenvalue weighted by molar-refractivity contribution is -0.134. The second kappa shape index (κ2) is 9.65. The topological polar surface area (TPSA) is 49.9 Å². The first kappa shape index (κ1) is 21.0. The van der Waals surface area contributed by atoms with Crippen molar-refractivity contribution in [3.05, 3.63) is 65.5 Å². The number of Topliss-reactive ketones (excluding diaryl/α,β-unsaturated/α-hetero) is 1. The summed E-state index contributed by atoms with van der Waals surface area (Å²) in [6.45, 7) is 1.77. The quantitative estimate of drug-likeness (QED) is 0.668. The molecule has 5 nitrogen and oxygen atoms in total. The summed E-state index contributed by atoms with van der Waals surface area (Å²) in [6.07, 6.45) is 1.14. The predicted octanol–water partition coefficient (Wildman–Crippen LogP) is 3.70. The van der Waals surface area contributed by atoms with E-state index in [9.17, 15) is 14.0 Å². The zero-order valence-electron chi connectivity index (χ0n) is 16.9. The van der Waals surface area contributed by atoms with E-state index in [1.165, 1.54) is 6.07 Å². The minimum atomic E-state index is -0.247. The van der Waals surface area contributed by atoms with Crippen molar-refractivity contribution in [2.75, 3.05) is 33.8 Å². The molecule has 0 N–H and O–H groups in total. The highest BCUT2D eigenvalue weighted by Gasteiger charge is 2.29. The molecule has 3 rings (SSSR count). The van der Waals surface area contributed by atoms with Crippen molar-refractivity contribution in [3.63, 3.8) is 0 Å². The van der Waals surface area contributed by atoms with Gasteiger partial charge in [-0.2, -0.15) is 0 Å². The van der Waals surface area contributed by atoms with E-state index in [4.69, 9.17) is 4.74 Å². The van der Waals surface area contributed by atoms with Crippen LogP contribution >= 0.6 is 0 Å². The standard InChI is InChI=1S/C23H27FN2O3/c1-25-14-15-26(16-21(25)19-6-3-4-7-20(19)24)23(28)9-5-8-22(27)17-10-12-18(29-2)13-11-17/h3-4,6-7,10-13,21H,5,8-9,14-16H2,1-2H3. The monoisotopic (exact) mass is 398 g/mol. The van der Waals surface area contributed by atoms with Gasteiger partial charge in [-0.15, -0.1) is 0 Å². The second-order valence-corrected chi connectivity index (χ2v) is 7.36.